The standard InChI is InChI=1S/2C10H15.2ClH.Zr/c2*1-8-5-6-9(7-8)10(2,3)4;;;/h2*6H,5H2,1-4H3;2*1H;/q;;;;+2/p-2. The topological polar surface area (TPSA) is 0 Å². The van der Waals surface area contributed by atoms with Gasteiger partial charge in [0.2, 0.25) is 0 Å². The maximum absolute atomic E-state index is 2.50. The van der Waals surface area contributed by atoms with Crippen molar-refractivity contribution in [3.63, 3.8) is 0 Å². The molecular weight excluding hydrogens is 402 g/mol. The van der Waals surface area contributed by atoms with Gasteiger partial charge in [0.05, 0.1) is 0 Å². The summed E-state index contributed by atoms with van der Waals surface area (Å²) in [5.41, 5.74) is 7.18. The molecule has 0 heterocycles. The maximum atomic E-state index is 2.50. The SMILES string of the molecule is CC1=[C]([Zr+2][C]2=C(C)CC=C2C(C)(C)C)C(C(C)(C)C)=CC1.[Cl-].[Cl-]. The summed E-state index contributed by atoms with van der Waals surface area (Å²) in [7, 11) is 0. The summed E-state index contributed by atoms with van der Waals surface area (Å²) in [5, 5.41) is 0. The van der Waals surface area contributed by atoms with Crippen molar-refractivity contribution in [2.75, 3.05) is 0 Å². The van der Waals surface area contributed by atoms with Gasteiger partial charge in [0.1, 0.15) is 0 Å². The summed E-state index contributed by atoms with van der Waals surface area (Å²) in [6.45, 7) is 18.9. The minimum absolute atomic E-state index is 0. The van der Waals surface area contributed by atoms with Gasteiger partial charge in [0, 0.05) is 0 Å². The van der Waals surface area contributed by atoms with E-state index < -0.39 is 23.2 Å². The van der Waals surface area contributed by atoms with Gasteiger partial charge in [-0.3, -0.25) is 0 Å². The molecule has 2 rings (SSSR count). The van der Waals surface area contributed by atoms with Crippen molar-refractivity contribution in [2.24, 2.45) is 10.8 Å². The summed E-state index contributed by atoms with van der Waals surface area (Å²) in [6.07, 6.45) is 7.36. The Bertz CT molecular complexity index is 524. The second kappa shape index (κ2) is 8.20. The van der Waals surface area contributed by atoms with Crippen molar-refractivity contribution in [2.45, 2.75) is 68.2 Å². The molecule has 0 aromatic heterocycles. The van der Waals surface area contributed by atoms with Crippen LogP contribution in [0.2, 0.25) is 0 Å². The first-order valence-electron chi connectivity index (χ1n) is 8.10. The first-order valence-corrected chi connectivity index (χ1v) is 10.6. The average Bonchev–Trinajstić information content (AvgIpc) is 2.84. The third-order valence-corrected chi connectivity index (χ3v) is 9.13. The molecule has 0 aromatic carbocycles. The quantitative estimate of drug-likeness (QED) is 0.592. The fourth-order valence-corrected chi connectivity index (χ4v) is 8.39. The van der Waals surface area contributed by atoms with E-state index >= 15 is 0 Å². The molecule has 0 bridgehead atoms. The van der Waals surface area contributed by atoms with E-state index in [0.717, 1.165) is 0 Å². The number of hydrogen-bond acceptors (Lipinski definition) is 0. The van der Waals surface area contributed by atoms with Crippen molar-refractivity contribution in [3.05, 3.63) is 41.0 Å². The molecule has 0 aromatic rings. The summed E-state index contributed by atoms with van der Waals surface area (Å²) in [5.74, 6) is 0. The Balaban J connectivity index is 0.00000242. The third-order valence-electron chi connectivity index (χ3n) is 4.48. The molecule has 2 aliphatic rings. The van der Waals surface area contributed by atoms with Gasteiger partial charge in [0.25, 0.3) is 0 Å². The van der Waals surface area contributed by atoms with Gasteiger partial charge >= 0.3 is 143 Å². The number of halogens is 2. The van der Waals surface area contributed by atoms with Gasteiger partial charge in [-0.15, -0.1) is 0 Å². The number of rotatable bonds is 2. The molecular formula is C20H30Cl2Zr. The van der Waals surface area contributed by atoms with Crippen LogP contribution in [-0.2, 0) is 23.2 Å². The summed E-state index contributed by atoms with van der Waals surface area (Å²) >= 11 is -0.697. The van der Waals surface area contributed by atoms with E-state index in [1.807, 2.05) is 0 Å². The van der Waals surface area contributed by atoms with Crippen LogP contribution in [0.1, 0.15) is 68.2 Å². The predicted molar refractivity (Wildman–Crippen MR) is 89.7 cm³/mol. The Morgan fingerprint density at radius 3 is 1.26 bits per heavy atom. The molecule has 0 N–H and O–H groups in total. The molecule has 0 fully saturated rings. The van der Waals surface area contributed by atoms with Crippen LogP contribution in [0.3, 0.4) is 0 Å². The average molecular weight is 433 g/mol. The van der Waals surface area contributed by atoms with E-state index in [-0.39, 0.29) is 24.8 Å². The van der Waals surface area contributed by atoms with Crippen molar-refractivity contribution in [3.8, 4) is 0 Å². The Morgan fingerprint density at radius 2 is 1.00 bits per heavy atom. The van der Waals surface area contributed by atoms with Gasteiger partial charge < -0.3 is 24.8 Å². The van der Waals surface area contributed by atoms with Crippen molar-refractivity contribution >= 4 is 0 Å². The smallest absolute Gasteiger partial charge is 1.00 e. The molecule has 128 valence electrons. The van der Waals surface area contributed by atoms with Crippen LogP contribution < -0.4 is 24.8 Å². The maximum Gasteiger partial charge on any atom is -1.00 e. The molecule has 0 nitrogen and oxygen atoms in total. The van der Waals surface area contributed by atoms with Crippen LogP contribution >= 0.6 is 0 Å². The van der Waals surface area contributed by atoms with Crippen LogP contribution in [0.4, 0.5) is 0 Å². The molecule has 0 amide bonds. The minimum Gasteiger partial charge on any atom is -1.00 e. The molecule has 0 unspecified atom stereocenters. The Hall–Kier alpha value is 0.423. The van der Waals surface area contributed by atoms with Crippen molar-refractivity contribution in [1.29, 1.82) is 0 Å². The van der Waals surface area contributed by atoms with Gasteiger partial charge in [-0.05, 0) is 0 Å². The summed E-state index contributed by atoms with van der Waals surface area (Å²) < 4.78 is 3.55. The zero-order valence-corrected chi connectivity index (χ0v) is 19.8. The van der Waals surface area contributed by atoms with Crippen molar-refractivity contribution < 1.29 is 48.0 Å². The largest absolute Gasteiger partial charge is 1.00 e. The van der Waals surface area contributed by atoms with E-state index in [2.05, 4.69) is 67.5 Å². The fourth-order valence-electron chi connectivity index (χ4n) is 3.21. The molecule has 0 saturated carbocycles. The normalized spacial score (nSPS) is 18.3. The van der Waals surface area contributed by atoms with E-state index in [9.17, 15) is 0 Å². The van der Waals surface area contributed by atoms with Crippen LogP contribution in [0.25, 0.3) is 0 Å². The number of hydrogen-bond donors (Lipinski definition) is 0. The molecule has 23 heavy (non-hydrogen) atoms. The van der Waals surface area contributed by atoms with Crippen LogP contribution in [-0.4, -0.2) is 0 Å². The number of allylic oxidation sites excluding steroid dienone is 8. The summed E-state index contributed by atoms with van der Waals surface area (Å²) in [4.78, 5) is 0. The van der Waals surface area contributed by atoms with Gasteiger partial charge in [-0.2, -0.15) is 0 Å². The second-order valence-corrected chi connectivity index (χ2v) is 11.7. The van der Waals surface area contributed by atoms with E-state index in [0.29, 0.717) is 10.8 Å². The predicted octanol–water partition coefficient (Wildman–Crippen LogP) is 0.377. The first-order chi connectivity index (χ1) is 9.51. The van der Waals surface area contributed by atoms with Gasteiger partial charge in [-0.25, -0.2) is 0 Å². The molecule has 2 aliphatic carbocycles. The third kappa shape index (κ3) is 5.20. The Kier molecular flexibility index (Phi) is 8.35. The van der Waals surface area contributed by atoms with Crippen LogP contribution in [0.15, 0.2) is 41.0 Å². The Labute approximate surface area is 167 Å². The van der Waals surface area contributed by atoms with Gasteiger partial charge in [0.15, 0.2) is 0 Å². The minimum atomic E-state index is -0.697. The van der Waals surface area contributed by atoms with E-state index in [1.165, 1.54) is 12.8 Å². The second-order valence-electron chi connectivity index (χ2n) is 8.58. The fraction of sp³-hybridized carbons (Fsp3) is 0.600. The molecule has 0 atom stereocenters. The zero-order valence-electron chi connectivity index (χ0n) is 15.8. The monoisotopic (exact) mass is 430 g/mol. The first kappa shape index (κ1) is 23.4. The van der Waals surface area contributed by atoms with Gasteiger partial charge in [-0.1, -0.05) is 0 Å². The van der Waals surface area contributed by atoms with Crippen LogP contribution in [0, 0.1) is 10.8 Å². The molecule has 0 radical (unpaired) electrons. The van der Waals surface area contributed by atoms with E-state index in [4.69, 9.17) is 0 Å². The zero-order chi connectivity index (χ0) is 16.0. The summed E-state index contributed by atoms with van der Waals surface area (Å²) in [6, 6.07) is 0. The molecule has 3 heteroatoms. The van der Waals surface area contributed by atoms with Crippen molar-refractivity contribution in [1.82, 2.24) is 0 Å². The van der Waals surface area contributed by atoms with E-state index in [1.54, 1.807) is 28.9 Å². The molecule has 0 aliphatic heterocycles. The molecule has 0 saturated heterocycles. The van der Waals surface area contributed by atoms with Crippen LogP contribution in [0.5, 0.6) is 0 Å². The Morgan fingerprint density at radius 1 is 0.696 bits per heavy atom. The molecule has 0 spiro atoms.